The molecular formula is C49H47BF10N2O2. The van der Waals surface area contributed by atoms with Crippen LogP contribution < -0.4 is 0 Å². The van der Waals surface area contributed by atoms with Crippen molar-refractivity contribution < 1.29 is 53.2 Å². The molecule has 4 nitrogen and oxygen atoms in total. The molecule has 0 atom stereocenters. The van der Waals surface area contributed by atoms with Crippen LogP contribution in [0.4, 0.5) is 43.9 Å². The topological polar surface area (TPSA) is 35.8 Å². The summed E-state index contributed by atoms with van der Waals surface area (Å²) in [6.45, 7) is 10.8. The quantitative estimate of drug-likeness (QED) is 0.0924. The minimum Gasteiger partial charge on any atom is -0.385 e. The van der Waals surface area contributed by atoms with E-state index in [0.29, 0.717) is 28.0 Å². The third-order valence-corrected chi connectivity index (χ3v) is 10.8. The lowest BCUT2D eigenvalue weighted by Crippen LogP contribution is -2.48. The van der Waals surface area contributed by atoms with Crippen molar-refractivity contribution in [2.75, 3.05) is 13.2 Å². The summed E-state index contributed by atoms with van der Waals surface area (Å²) in [6, 6.07) is 30.3. The minimum atomic E-state index is -6.18. The Bertz CT molecular complexity index is 2510. The van der Waals surface area contributed by atoms with Crippen LogP contribution in [0.2, 0.25) is 0 Å². The number of hydrogen-bond acceptors (Lipinski definition) is 3. The van der Waals surface area contributed by atoms with E-state index in [4.69, 9.17) is 14.3 Å². The first kappa shape index (κ1) is 48.1. The van der Waals surface area contributed by atoms with Crippen LogP contribution in [0.1, 0.15) is 80.6 Å². The zero-order chi connectivity index (χ0) is 47.2. The normalized spacial score (nSPS) is 14.9. The van der Waals surface area contributed by atoms with Crippen LogP contribution in [0, 0.1) is 13.8 Å². The number of alkyl halides is 10. The van der Waals surface area contributed by atoms with Crippen LogP contribution in [0.3, 0.4) is 0 Å². The number of allylic oxidation sites excluding steroid dienone is 2. The van der Waals surface area contributed by atoms with Gasteiger partial charge in [-0.15, -0.1) is 0 Å². The predicted octanol–water partition coefficient (Wildman–Crippen LogP) is 14.2. The lowest BCUT2D eigenvalue weighted by atomic mass is 9.86. The molecular weight excluding hydrogens is 849 g/mol. The second-order valence-electron chi connectivity index (χ2n) is 18.0. The Morgan fingerprint density at radius 3 is 1.38 bits per heavy atom. The molecule has 0 bridgehead atoms. The largest absolute Gasteiger partial charge is 0.598 e. The molecule has 2 heterocycles. The van der Waals surface area contributed by atoms with Crippen LogP contribution in [-0.4, -0.2) is 54.9 Å². The summed E-state index contributed by atoms with van der Waals surface area (Å²) in [7, 11) is -2.72. The third kappa shape index (κ3) is 10.6. The van der Waals surface area contributed by atoms with Crippen molar-refractivity contribution in [3.8, 4) is 22.4 Å². The van der Waals surface area contributed by atoms with Gasteiger partial charge in [0.25, 0.3) is 0 Å². The second-order valence-corrected chi connectivity index (χ2v) is 18.0. The Balaban J connectivity index is 1.69. The first-order chi connectivity index (χ1) is 29.6. The van der Waals surface area contributed by atoms with Crippen molar-refractivity contribution in [1.29, 1.82) is 0 Å². The molecule has 0 radical (unpaired) electrons. The average molecular weight is 897 g/mol. The summed E-state index contributed by atoms with van der Waals surface area (Å²) in [5.41, 5.74) is 6.70. The smallest absolute Gasteiger partial charge is 0.385 e. The van der Waals surface area contributed by atoms with E-state index in [9.17, 15) is 43.9 Å². The van der Waals surface area contributed by atoms with Gasteiger partial charge in [0.2, 0.25) is 0 Å². The molecule has 0 aliphatic carbocycles. The number of aliphatic imine (C=N–C) groups is 1. The van der Waals surface area contributed by atoms with Gasteiger partial charge in [-0.3, -0.25) is 0 Å². The summed E-state index contributed by atoms with van der Waals surface area (Å²) >= 11 is 0. The van der Waals surface area contributed by atoms with Crippen molar-refractivity contribution in [3.05, 3.63) is 154 Å². The molecule has 338 valence electrons. The summed E-state index contributed by atoms with van der Waals surface area (Å²) in [6.07, 6.45) is -9.07. The zero-order valence-electron chi connectivity index (χ0n) is 36.5. The molecule has 5 aromatic rings. The van der Waals surface area contributed by atoms with Crippen molar-refractivity contribution in [2.45, 2.75) is 90.4 Å². The Morgan fingerprint density at radius 1 is 0.547 bits per heavy atom. The van der Waals surface area contributed by atoms with E-state index in [1.807, 2.05) is 115 Å². The van der Waals surface area contributed by atoms with Gasteiger partial charge in [0.1, 0.15) is 13.2 Å². The van der Waals surface area contributed by atoms with E-state index in [0.717, 1.165) is 26.7 Å². The second kappa shape index (κ2) is 17.5. The van der Waals surface area contributed by atoms with Gasteiger partial charge in [-0.1, -0.05) is 150 Å². The van der Waals surface area contributed by atoms with Gasteiger partial charge in [0.05, 0.1) is 11.4 Å². The van der Waals surface area contributed by atoms with E-state index < -0.39 is 44.7 Å². The molecule has 0 amide bonds. The Labute approximate surface area is 366 Å². The molecule has 0 fully saturated rings. The van der Waals surface area contributed by atoms with Crippen molar-refractivity contribution in [1.82, 2.24) is 4.48 Å². The fourth-order valence-corrected chi connectivity index (χ4v) is 6.88. The molecule has 1 aromatic heterocycles. The maximum Gasteiger partial charge on any atom is 0.598 e. The number of aromatic nitrogens is 1. The summed E-state index contributed by atoms with van der Waals surface area (Å²) in [4.78, 5) is 4.98. The molecule has 64 heavy (non-hydrogen) atoms. The summed E-state index contributed by atoms with van der Waals surface area (Å²) < 4.78 is 151. The summed E-state index contributed by atoms with van der Waals surface area (Å²) in [5.74, 6) is -11.1. The van der Waals surface area contributed by atoms with Crippen molar-refractivity contribution in [2.24, 2.45) is 4.99 Å². The van der Waals surface area contributed by atoms with E-state index >= 15 is 0 Å². The van der Waals surface area contributed by atoms with E-state index in [1.54, 1.807) is 43.3 Å². The van der Waals surface area contributed by atoms with E-state index in [-0.39, 0.29) is 39.0 Å². The van der Waals surface area contributed by atoms with Gasteiger partial charge in [0.15, 0.2) is 0 Å². The fourth-order valence-electron chi connectivity index (χ4n) is 6.88. The summed E-state index contributed by atoms with van der Waals surface area (Å²) in [5, 5.41) is 0. The molecule has 1 aliphatic heterocycles. The molecule has 6 rings (SSSR count). The van der Waals surface area contributed by atoms with E-state index in [2.05, 4.69) is 0 Å². The number of rotatable bonds is 12. The van der Waals surface area contributed by atoms with Crippen LogP contribution in [0.25, 0.3) is 34.0 Å². The number of nitrogens with zero attached hydrogens (tertiary/aromatic N) is 2. The Morgan fingerprint density at radius 2 is 0.953 bits per heavy atom. The highest BCUT2D eigenvalue weighted by Gasteiger charge is 2.60. The standard InChI is InChI=1S/C49H47BF10N2O2/c1-30-9-13-34(14-10-30)40-25-38(32-17-21-36(22-18-32)44(3,4)5)41(61-40)27-43-39(33-19-23-37(24-20-33)45(6,7)8)26-42(35-15-11-31(2)12-16-35)62(43)50(63-28-46(51,52)48(55,56)57)64-29-47(53,54)49(58,59)60/h9-27H,28-29H2,1-8H3/b41-27-. The van der Waals surface area contributed by atoms with Gasteiger partial charge < -0.3 is 13.8 Å². The van der Waals surface area contributed by atoms with Gasteiger partial charge in [0, 0.05) is 28.1 Å². The van der Waals surface area contributed by atoms with E-state index in [1.165, 1.54) is 12.1 Å². The highest BCUT2D eigenvalue weighted by atomic mass is 19.4. The predicted molar refractivity (Wildman–Crippen MR) is 233 cm³/mol. The molecule has 15 heteroatoms. The maximum absolute atomic E-state index is 14.7. The molecule has 0 unspecified atom stereocenters. The average Bonchev–Trinajstić information content (AvgIpc) is 3.79. The number of halogens is 10. The molecule has 1 aliphatic rings. The zero-order valence-corrected chi connectivity index (χ0v) is 36.5. The first-order valence-corrected chi connectivity index (χ1v) is 20.3. The highest BCUT2D eigenvalue weighted by molar-refractivity contribution is 6.44. The minimum absolute atomic E-state index is 0.0295. The van der Waals surface area contributed by atoms with Crippen molar-refractivity contribution in [3.63, 3.8) is 0 Å². The number of aryl methyl sites for hydroxylation is 2. The maximum atomic E-state index is 14.7. The van der Waals surface area contributed by atoms with Crippen LogP contribution >= 0.6 is 0 Å². The van der Waals surface area contributed by atoms with Gasteiger partial charge in [-0.2, -0.15) is 43.9 Å². The SMILES string of the molecule is Cc1ccc(C2=N/C(=C\c3c(-c4ccc(C(C)(C)C)cc4)cc(-c4ccc(C)cc4)n3B(OCC(F)(F)C(F)(F)F)OCC(F)(F)C(F)(F)F)C(c3ccc(C(C)(C)C)cc3)=C2)cc1. The highest BCUT2D eigenvalue weighted by Crippen LogP contribution is 2.42. The Hall–Kier alpha value is -5.41. The molecule has 0 saturated carbocycles. The molecule has 0 spiro atoms. The molecule has 4 aromatic carbocycles. The third-order valence-electron chi connectivity index (χ3n) is 10.8. The van der Waals surface area contributed by atoms with Gasteiger partial charge in [-0.05, 0) is 70.7 Å². The molecule has 0 saturated heterocycles. The first-order valence-electron chi connectivity index (χ1n) is 20.3. The van der Waals surface area contributed by atoms with Crippen LogP contribution in [0.5, 0.6) is 0 Å². The number of hydrogen-bond donors (Lipinski definition) is 0. The van der Waals surface area contributed by atoms with Crippen molar-refractivity contribution >= 4 is 24.6 Å². The molecule has 0 N–H and O–H groups in total. The lowest BCUT2D eigenvalue weighted by molar-refractivity contribution is -0.295. The van der Waals surface area contributed by atoms with Crippen LogP contribution in [-0.2, 0) is 20.1 Å². The van der Waals surface area contributed by atoms with Crippen LogP contribution in [0.15, 0.2) is 120 Å². The van der Waals surface area contributed by atoms with Gasteiger partial charge >= 0.3 is 31.5 Å². The monoisotopic (exact) mass is 896 g/mol. The fraction of sp³-hybridized carbons (Fsp3) is 0.327. The lowest BCUT2D eigenvalue weighted by Gasteiger charge is -2.26. The Kier molecular flexibility index (Phi) is 13.2. The van der Waals surface area contributed by atoms with Gasteiger partial charge in [-0.25, -0.2) is 4.99 Å². The number of benzene rings is 4.